The molecule has 0 aliphatic carbocycles. The van der Waals surface area contributed by atoms with Crippen LogP contribution >= 0.6 is 0 Å². The van der Waals surface area contributed by atoms with Crippen LogP contribution in [0.25, 0.3) is 0 Å². The summed E-state index contributed by atoms with van der Waals surface area (Å²) in [6.45, 7) is 7.71. The number of nitrogens with zero attached hydrogens (tertiary/aromatic N) is 1. The Morgan fingerprint density at radius 3 is 2.26 bits per heavy atom. The highest BCUT2D eigenvalue weighted by Gasteiger charge is 2.22. The Labute approximate surface area is 116 Å². The van der Waals surface area contributed by atoms with Gasteiger partial charge < -0.3 is 15.5 Å². The van der Waals surface area contributed by atoms with Crippen LogP contribution in [0.1, 0.15) is 40.0 Å². The number of rotatable bonds is 4. The lowest BCUT2D eigenvalue weighted by Crippen LogP contribution is -2.47. The van der Waals surface area contributed by atoms with Crippen LogP contribution in [0.15, 0.2) is 0 Å². The predicted octanol–water partition coefficient (Wildman–Crippen LogP) is 0.749. The molecule has 0 aromatic heterocycles. The first-order valence-electron chi connectivity index (χ1n) is 7.03. The van der Waals surface area contributed by atoms with E-state index in [0.717, 1.165) is 25.9 Å². The number of hydrogen-bond donors (Lipinski definition) is 2. The van der Waals surface area contributed by atoms with Gasteiger partial charge in [0.05, 0.1) is 6.54 Å². The zero-order valence-electron chi connectivity index (χ0n) is 12.6. The highest BCUT2D eigenvalue weighted by atomic mass is 16.2. The Bertz CT molecular complexity index is 315. The van der Waals surface area contributed by atoms with Crippen LogP contribution in [-0.2, 0) is 9.59 Å². The highest BCUT2D eigenvalue weighted by Crippen LogP contribution is 2.17. The van der Waals surface area contributed by atoms with Crippen molar-refractivity contribution in [2.75, 3.05) is 26.7 Å². The summed E-state index contributed by atoms with van der Waals surface area (Å²) in [5, 5.41) is 5.95. The van der Waals surface area contributed by atoms with Gasteiger partial charge in [0, 0.05) is 25.6 Å². The third-order valence-electron chi connectivity index (χ3n) is 3.38. The zero-order chi connectivity index (χ0) is 14.5. The average molecular weight is 269 g/mol. The van der Waals surface area contributed by atoms with E-state index < -0.39 is 0 Å². The molecule has 1 heterocycles. The van der Waals surface area contributed by atoms with E-state index in [9.17, 15) is 9.59 Å². The van der Waals surface area contributed by atoms with Crippen LogP contribution < -0.4 is 10.6 Å². The van der Waals surface area contributed by atoms with Gasteiger partial charge in [-0.25, -0.2) is 0 Å². The number of hydrogen-bond acceptors (Lipinski definition) is 3. The maximum Gasteiger partial charge on any atom is 0.241 e. The SMILES string of the molecule is CNC1CCN(C(=O)CNC(=O)CC(C)(C)C)CC1. The molecule has 0 spiro atoms. The average Bonchev–Trinajstić information content (AvgIpc) is 2.34. The molecule has 110 valence electrons. The van der Waals surface area contributed by atoms with Crippen LogP contribution in [0.4, 0.5) is 0 Å². The van der Waals surface area contributed by atoms with Gasteiger partial charge in [-0.05, 0) is 25.3 Å². The molecule has 2 amide bonds. The first kappa shape index (κ1) is 16.0. The Hall–Kier alpha value is -1.10. The van der Waals surface area contributed by atoms with Crippen molar-refractivity contribution in [2.45, 2.75) is 46.1 Å². The van der Waals surface area contributed by atoms with Gasteiger partial charge in [0.2, 0.25) is 11.8 Å². The van der Waals surface area contributed by atoms with Crippen LogP contribution in [0, 0.1) is 5.41 Å². The minimum atomic E-state index is -0.0500. The van der Waals surface area contributed by atoms with Crippen molar-refractivity contribution in [1.82, 2.24) is 15.5 Å². The van der Waals surface area contributed by atoms with E-state index in [1.165, 1.54) is 0 Å². The van der Waals surface area contributed by atoms with Crippen molar-refractivity contribution in [2.24, 2.45) is 5.41 Å². The van der Waals surface area contributed by atoms with E-state index in [0.29, 0.717) is 12.5 Å². The summed E-state index contributed by atoms with van der Waals surface area (Å²) in [6, 6.07) is 0.513. The van der Waals surface area contributed by atoms with E-state index in [1.54, 1.807) is 0 Å². The molecule has 1 aliphatic rings. The molecule has 0 saturated carbocycles. The third kappa shape index (κ3) is 6.05. The Morgan fingerprint density at radius 1 is 1.21 bits per heavy atom. The summed E-state index contributed by atoms with van der Waals surface area (Å²) < 4.78 is 0. The number of carbonyl (C=O) groups excluding carboxylic acids is 2. The Kier molecular flexibility index (Phi) is 5.79. The summed E-state index contributed by atoms with van der Waals surface area (Å²) in [6.07, 6.45) is 2.42. The van der Waals surface area contributed by atoms with Crippen molar-refractivity contribution >= 4 is 11.8 Å². The smallest absolute Gasteiger partial charge is 0.241 e. The monoisotopic (exact) mass is 269 g/mol. The number of piperidine rings is 1. The lowest BCUT2D eigenvalue weighted by molar-refractivity contribution is -0.134. The molecule has 5 nitrogen and oxygen atoms in total. The first-order valence-corrected chi connectivity index (χ1v) is 7.03. The fourth-order valence-corrected chi connectivity index (χ4v) is 2.25. The van der Waals surface area contributed by atoms with Crippen LogP contribution in [0.3, 0.4) is 0 Å². The van der Waals surface area contributed by atoms with Crippen molar-refractivity contribution in [3.63, 3.8) is 0 Å². The molecule has 1 aliphatic heterocycles. The molecule has 2 N–H and O–H groups in total. The van der Waals surface area contributed by atoms with E-state index in [4.69, 9.17) is 0 Å². The lowest BCUT2D eigenvalue weighted by atomic mass is 9.92. The summed E-state index contributed by atoms with van der Waals surface area (Å²) in [5.74, 6) is -0.0252. The molecule has 1 fully saturated rings. The summed E-state index contributed by atoms with van der Waals surface area (Å²) in [5.41, 5.74) is -0.0434. The molecule has 0 radical (unpaired) electrons. The molecule has 0 unspecified atom stereocenters. The molecule has 0 aromatic rings. The minimum absolute atomic E-state index is 0.0248. The molecule has 1 saturated heterocycles. The summed E-state index contributed by atoms with van der Waals surface area (Å²) >= 11 is 0. The van der Waals surface area contributed by atoms with Crippen LogP contribution in [-0.4, -0.2) is 49.4 Å². The zero-order valence-corrected chi connectivity index (χ0v) is 12.6. The molecule has 5 heteroatoms. The second-order valence-electron chi connectivity index (χ2n) is 6.46. The quantitative estimate of drug-likeness (QED) is 0.791. The van der Waals surface area contributed by atoms with Gasteiger partial charge in [-0.15, -0.1) is 0 Å². The fourth-order valence-electron chi connectivity index (χ4n) is 2.25. The highest BCUT2D eigenvalue weighted by molar-refractivity contribution is 5.85. The summed E-state index contributed by atoms with van der Waals surface area (Å²) in [7, 11) is 1.95. The van der Waals surface area contributed by atoms with Gasteiger partial charge >= 0.3 is 0 Å². The predicted molar refractivity (Wildman–Crippen MR) is 75.7 cm³/mol. The molecule has 0 atom stereocenters. The van der Waals surface area contributed by atoms with Crippen molar-refractivity contribution in [3.05, 3.63) is 0 Å². The van der Waals surface area contributed by atoms with Gasteiger partial charge in [0.1, 0.15) is 0 Å². The molecule has 19 heavy (non-hydrogen) atoms. The topological polar surface area (TPSA) is 61.4 Å². The number of nitrogens with one attached hydrogen (secondary N) is 2. The number of carbonyl (C=O) groups is 2. The molecular formula is C14H27N3O2. The van der Waals surface area contributed by atoms with Crippen molar-refractivity contribution in [3.8, 4) is 0 Å². The number of amides is 2. The largest absolute Gasteiger partial charge is 0.347 e. The van der Waals surface area contributed by atoms with E-state index in [1.807, 2.05) is 32.7 Å². The Balaban J connectivity index is 2.27. The van der Waals surface area contributed by atoms with Crippen LogP contribution in [0.5, 0.6) is 0 Å². The standard InChI is InChI=1S/C14H27N3O2/c1-14(2,3)9-12(18)16-10-13(19)17-7-5-11(15-4)6-8-17/h11,15H,5-10H2,1-4H3,(H,16,18). The Morgan fingerprint density at radius 2 is 1.79 bits per heavy atom. The lowest BCUT2D eigenvalue weighted by Gasteiger charge is -2.32. The normalized spacial score (nSPS) is 17.4. The van der Waals surface area contributed by atoms with Gasteiger partial charge in [-0.1, -0.05) is 20.8 Å². The van der Waals surface area contributed by atoms with Gasteiger partial charge in [0.15, 0.2) is 0 Å². The van der Waals surface area contributed by atoms with Crippen molar-refractivity contribution < 1.29 is 9.59 Å². The molecule has 0 aromatic carbocycles. The van der Waals surface area contributed by atoms with Gasteiger partial charge in [-0.2, -0.15) is 0 Å². The van der Waals surface area contributed by atoms with Crippen molar-refractivity contribution in [1.29, 1.82) is 0 Å². The summed E-state index contributed by atoms with van der Waals surface area (Å²) in [4.78, 5) is 25.4. The second kappa shape index (κ2) is 6.89. The maximum atomic E-state index is 12.0. The second-order valence-corrected chi connectivity index (χ2v) is 6.46. The first-order chi connectivity index (χ1) is 8.81. The maximum absolute atomic E-state index is 12.0. The van der Waals surface area contributed by atoms with Gasteiger partial charge in [0.25, 0.3) is 0 Å². The van der Waals surface area contributed by atoms with Crippen LogP contribution in [0.2, 0.25) is 0 Å². The number of likely N-dealkylation sites (tertiary alicyclic amines) is 1. The fraction of sp³-hybridized carbons (Fsp3) is 0.857. The minimum Gasteiger partial charge on any atom is -0.347 e. The van der Waals surface area contributed by atoms with Gasteiger partial charge in [-0.3, -0.25) is 9.59 Å². The molecular weight excluding hydrogens is 242 g/mol. The third-order valence-corrected chi connectivity index (χ3v) is 3.38. The van der Waals surface area contributed by atoms with E-state index in [-0.39, 0.29) is 23.8 Å². The van der Waals surface area contributed by atoms with E-state index >= 15 is 0 Å². The molecule has 1 rings (SSSR count). The van der Waals surface area contributed by atoms with E-state index in [2.05, 4.69) is 10.6 Å². The molecule has 0 bridgehead atoms.